The molecule has 3 aromatic carbocycles. The summed E-state index contributed by atoms with van der Waals surface area (Å²) in [4.78, 5) is 19.7. The van der Waals surface area contributed by atoms with Gasteiger partial charge in [-0.05, 0) is 53.2 Å². The van der Waals surface area contributed by atoms with E-state index in [2.05, 4.69) is 68.4 Å². The highest BCUT2D eigenvalue weighted by Gasteiger charge is 2.33. The molecule has 2 aliphatic rings. The number of aryl methyl sites for hydroxylation is 1. The van der Waals surface area contributed by atoms with Crippen LogP contribution in [0.1, 0.15) is 60.0 Å². The SMILES string of the molecule is COc1ccccc1[C@@H]1C2=C(N=c3s/c(=C/c4ccc(C(C)C)cc4)c(=O)n31)c1ccccc1CC2. The Morgan fingerprint density at radius 2 is 1.75 bits per heavy atom. The van der Waals surface area contributed by atoms with Gasteiger partial charge in [0.1, 0.15) is 5.75 Å². The van der Waals surface area contributed by atoms with E-state index in [1.54, 1.807) is 7.11 Å². The second-order valence-electron chi connectivity index (χ2n) is 9.68. The lowest BCUT2D eigenvalue weighted by Gasteiger charge is -2.31. The maximum absolute atomic E-state index is 13.9. The Bertz CT molecular complexity index is 1670. The molecule has 4 aromatic rings. The highest BCUT2D eigenvalue weighted by Crippen LogP contribution is 2.43. The summed E-state index contributed by atoms with van der Waals surface area (Å²) in [5, 5.41) is 0. The second-order valence-corrected chi connectivity index (χ2v) is 10.7. The lowest BCUT2D eigenvalue weighted by atomic mass is 9.83. The van der Waals surface area contributed by atoms with Crippen molar-refractivity contribution in [1.29, 1.82) is 0 Å². The maximum Gasteiger partial charge on any atom is 0.271 e. The fourth-order valence-electron chi connectivity index (χ4n) is 5.32. The molecule has 36 heavy (non-hydrogen) atoms. The number of para-hydroxylation sites is 1. The first-order valence-corrected chi connectivity index (χ1v) is 13.2. The highest BCUT2D eigenvalue weighted by molar-refractivity contribution is 7.07. The van der Waals surface area contributed by atoms with Crippen LogP contribution in [0.2, 0.25) is 0 Å². The molecule has 4 nitrogen and oxygen atoms in total. The number of rotatable bonds is 4. The van der Waals surface area contributed by atoms with Crippen LogP contribution in [0.3, 0.4) is 0 Å². The van der Waals surface area contributed by atoms with Gasteiger partial charge >= 0.3 is 0 Å². The lowest BCUT2D eigenvalue weighted by molar-refractivity contribution is 0.402. The topological polar surface area (TPSA) is 43.6 Å². The zero-order valence-corrected chi connectivity index (χ0v) is 21.5. The fraction of sp³-hybridized carbons (Fsp3) is 0.226. The molecule has 5 heteroatoms. The van der Waals surface area contributed by atoms with Gasteiger partial charge in [-0.3, -0.25) is 9.36 Å². The van der Waals surface area contributed by atoms with E-state index in [0.29, 0.717) is 10.5 Å². The molecule has 1 aliphatic carbocycles. The number of hydrogen-bond donors (Lipinski definition) is 0. The van der Waals surface area contributed by atoms with Crippen molar-refractivity contribution in [2.75, 3.05) is 7.11 Å². The molecule has 1 aliphatic heterocycles. The Hall–Kier alpha value is -3.70. The summed E-state index contributed by atoms with van der Waals surface area (Å²) in [6.45, 7) is 4.37. The van der Waals surface area contributed by atoms with Gasteiger partial charge < -0.3 is 4.74 Å². The lowest BCUT2D eigenvalue weighted by Crippen LogP contribution is -2.38. The summed E-state index contributed by atoms with van der Waals surface area (Å²) in [7, 11) is 1.69. The van der Waals surface area contributed by atoms with Crippen molar-refractivity contribution >= 4 is 23.1 Å². The third kappa shape index (κ3) is 3.75. The molecule has 0 bridgehead atoms. The van der Waals surface area contributed by atoms with Crippen LogP contribution in [0.15, 0.2) is 88.2 Å². The zero-order valence-electron chi connectivity index (χ0n) is 20.7. The van der Waals surface area contributed by atoms with Crippen LogP contribution in [-0.2, 0) is 6.42 Å². The molecule has 2 heterocycles. The van der Waals surface area contributed by atoms with Crippen LogP contribution in [0.5, 0.6) is 5.75 Å². The maximum atomic E-state index is 13.9. The van der Waals surface area contributed by atoms with Gasteiger partial charge in [0.15, 0.2) is 4.80 Å². The minimum Gasteiger partial charge on any atom is -0.496 e. The standard InChI is InChI=1S/C31H28N2O2S/c1-19(2)21-14-12-20(13-15-21)18-27-30(34)33-29(24-10-6-7-11-26(24)35-3)25-17-16-22-8-4-5-9-23(22)28(25)32-31(33)36-27/h4-15,18-19,29H,16-17H2,1-3H3/b27-18+/t29-/m1/s1. The van der Waals surface area contributed by atoms with Crippen molar-refractivity contribution in [3.8, 4) is 5.75 Å². The Balaban J connectivity index is 1.59. The Kier molecular flexibility index (Phi) is 5.73. The van der Waals surface area contributed by atoms with Crippen molar-refractivity contribution in [3.05, 3.63) is 126 Å². The molecule has 180 valence electrons. The first-order valence-electron chi connectivity index (χ1n) is 12.4. The fourth-order valence-corrected chi connectivity index (χ4v) is 6.32. The van der Waals surface area contributed by atoms with Crippen molar-refractivity contribution in [1.82, 2.24) is 4.57 Å². The Morgan fingerprint density at radius 3 is 2.53 bits per heavy atom. The third-order valence-corrected chi connectivity index (χ3v) is 8.19. The summed E-state index contributed by atoms with van der Waals surface area (Å²) in [6, 6.07) is 24.7. The highest BCUT2D eigenvalue weighted by atomic mass is 32.1. The van der Waals surface area contributed by atoms with Crippen LogP contribution in [-0.4, -0.2) is 11.7 Å². The van der Waals surface area contributed by atoms with Crippen LogP contribution in [0, 0.1) is 0 Å². The van der Waals surface area contributed by atoms with Crippen LogP contribution >= 0.6 is 11.3 Å². The first-order chi connectivity index (χ1) is 17.5. The summed E-state index contributed by atoms with van der Waals surface area (Å²) >= 11 is 1.46. The normalized spacial score (nSPS) is 16.9. The van der Waals surface area contributed by atoms with Gasteiger partial charge in [-0.15, -0.1) is 0 Å². The number of benzene rings is 3. The number of methoxy groups -OCH3 is 1. The molecule has 0 saturated carbocycles. The van der Waals surface area contributed by atoms with Crippen molar-refractivity contribution in [2.24, 2.45) is 4.99 Å². The van der Waals surface area contributed by atoms with Crippen LogP contribution in [0.25, 0.3) is 11.8 Å². The quantitative estimate of drug-likeness (QED) is 0.380. The van der Waals surface area contributed by atoms with Gasteiger partial charge in [-0.2, -0.15) is 0 Å². The minimum absolute atomic E-state index is 0.00648. The minimum atomic E-state index is -0.244. The van der Waals surface area contributed by atoms with Gasteiger partial charge in [-0.25, -0.2) is 4.99 Å². The molecule has 0 saturated heterocycles. The predicted molar refractivity (Wildman–Crippen MR) is 146 cm³/mol. The van der Waals surface area contributed by atoms with E-state index in [-0.39, 0.29) is 11.6 Å². The van der Waals surface area contributed by atoms with E-state index < -0.39 is 0 Å². The number of allylic oxidation sites excluding steroid dienone is 1. The number of aromatic nitrogens is 1. The molecule has 0 N–H and O–H groups in total. The number of nitrogens with zero attached hydrogens (tertiary/aromatic N) is 2. The molecule has 6 rings (SSSR count). The van der Waals surface area contributed by atoms with Gasteiger partial charge in [0, 0.05) is 11.1 Å². The van der Waals surface area contributed by atoms with E-state index in [1.807, 2.05) is 28.8 Å². The summed E-state index contributed by atoms with van der Waals surface area (Å²) in [5.74, 6) is 1.26. The van der Waals surface area contributed by atoms with Crippen molar-refractivity contribution in [3.63, 3.8) is 0 Å². The Labute approximate surface area is 214 Å². The van der Waals surface area contributed by atoms with Crippen molar-refractivity contribution < 1.29 is 4.74 Å². The molecule has 1 atom stereocenters. The molecule has 0 radical (unpaired) electrons. The summed E-state index contributed by atoms with van der Waals surface area (Å²) in [6.07, 6.45) is 3.78. The van der Waals surface area contributed by atoms with Gasteiger partial charge in [-0.1, -0.05) is 91.9 Å². The molecule has 0 amide bonds. The average molecular weight is 493 g/mol. The second kappa shape index (κ2) is 9.07. The van der Waals surface area contributed by atoms with Gasteiger partial charge in [0.05, 0.1) is 23.4 Å². The first kappa shape index (κ1) is 22.7. The molecule has 0 fully saturated rings. The van der Waals surface area contributed by atoms with E-state index in [0.717, 1.165) is 40.2 Å². The number of hydrogen-bond acceptors (Lipinski definition) is 4. The number of fused-ring (bicyclic) bond motifs is 3. The van der Waals surface area contributed by atoms with Crippen LogP contribution in [0.4, 0.5) is 0 Å². The molecular weight excluding hydrogens is 464 g/mol. The van der Waals surface area contributed by atoms with Gasteiger partial charge in [0.2, 0.25) is 0 Å². The molecule has 0 spiro atoms. The monoisotopic (exact) mass is 492 g/mol. The largest absolute Gasteiger partial charge is 0.496 e. The van der Waals surface area contributed by atoms with E-state index in [4.69, 9.17) is 9.73 Å². The summed E-state index contributed by atoms with van der Waals surface area (Å²) in [5.41, 5.74) is 7.96. The average Bonchev–Trinajstić information content (AvgIpc) is 3.22. The number of ether oxygens (including phenoxy) is 1. The Morgan fingerprint density at radius 1 is 1.00 bits per heavy atom. The molecular formula is C31H28N2O2S. The van der Waals surface area contributed by atoms with Gasteiger partial charge in [0.25, 0.3) is 5.56 Å². The van der Waals surface area contributed by atoms with E-state index >= 15 is 0 Å². The van der Waals surface area contributed by atoms with Crippen LogP contribution < -0.4 is 19.6 Å². The smallest absolute Gasteiger partial charge is 0.271 e. The third-order valence-electron chi connectivity index (χ3n) is 7.21. The predicted octanol–water partition coefficient (Wildman–Crippen LogP) is 5.45. The van der Waals surface area contributed by atoms with E-state index in [9.17, 15) is 4.79 Å². The molecule has 1 aromatic heterocycles. The zero-order chi connectivity index (χ0) is 24.8. The molecule has 0 unspecified atom stereocenters. The summed E-state index contributed by atoms with van der Waals surface area (Å²) < 4.78 is 8.33. The van der Waals surface area contributed by atoms with Crippen molar-refractivity contribution in [2.45, 2.75) is 38.6 Å². The van der Waals surface area contributed by atoms with E-state index in [1.165, 1.54) is 33.6 Å². The number of thiazole rings is 1.